The van der Waals surface area contributed by atoms with Crippen LogP contribution in [0.4, 0.5) is 4.39 Å². The van der Waals surface area contributed by atoms with Gasteiger partial charge in [-0.3, -0.25) is 4.99 Å². The van der Waals surface area contributed by atoms with Gasteiger partial charge < -0.3 is 0 Å². The monoisotopic (exact) mass is 351 g/mol. The third-order valence-corrected chi connectivity index (χ3v) is 5.22. The summed E-state index contributed by atoms with van der Waals surface area (Å²) in [5, 5.41) is 0. The van der Waals surface area contributed by atoms with E-state index in [0.717, 1.165) is 29.7 Å². The normalized spacial score (nSPS) is 20.8. The Hall–Kier alpha value is -1.96. The number of fused-ring (bicyclic) bond motifs is 1. The second-order valence-electron chi connectivity index (χ2n) is 8.51. The molecule has 138 valence electrons. The molecule has 1 aromatic rings. The molecule has 0 saturated carbocycles. The van der Waals surface area contributed by atoms with Crippen LogP contribution in [0.2, 0.25) is 0 Å². The summed E-state index contributed by atoms with van der Waals surface area (Å²) in [5.74, 6) is 0.416. The number of aliphatic imine (C=N–C) groups is 1. The van der Waals surface area contributed by atoms with Crippen molar-refractivity contribution in [2.45, 2.75) is 65.8 Å². The first-order chi connectivity index (χ1) is 12.2. The zero-order chi connectivity index (χ0) is 19.1. The van der Waals surface area contributed by atoms with Gasteiger partial charge in [0, 0.05) is 22.6 Å². The van der Waals surface area contributed by atoms with Crippen molar-refractivity contribution in [3.05, 3.63) is 64.0 Å². The van der Waals surface area contributed by atoms with Gasteiger partial charge >= 0.3 is 0 Å². The Balaban J connectivity index is 2.34. The quantitative estimate of drug-likeness (QED) is 0.568. The van der Waals surface area contributed by atoms with Gasteiger partial charge in [0.1, 0.15) is 5.83 Å². The Morgan fingerprint density at radius 2 is 1.88 bits per heavy atom. The Labute approximate surface area is 157 Å². The van der Waals surface area contributed by atoms with Gasteiger partial charge in [0.05, 0.1) is 5.71 Å². The van der Waals surface area contributed by atoms with E-state index < -0.39 is 0 Å². The third-order valence-electron chi connectivity index (χ3n) is 5.22. The first-order valence-corrected chi connectivity index (χ1v) is 9.73. The van der Waals surface area contributed by atoms with Crippen molar-refractivity contribution < 1.29 is 4.39 Å². The highest BCUT2D eigenvalue weighted by molar-refractivity contribution is 6.18. The number of hydrogen-bond acceptors (Lipinski definition) is 1. The molecule has 0 saturated heterocycles. The van der Waals surface area contributed by atoms with Crippen molar-refractivity contribution >= 4 is 11.8 Å². The highest BCUT2D eigenvalue weighted by Gasteiger charge is 2.41. The number of nitrogens with zero attached hydrogens (tertiary/aromatic N) is 1. The molecule has 0 fully saturated rings. The number of benzene rings is 1. The summed E-state index contributed by atoms with van der Waals surface area (Å²) in [4.78, 5) is 4.98. The molecule has 0 bridgehead atoms. The highest BCUT2D eigenvalue weighted by atomic mass is 19.1. The first kappa shape index (κ1) is 18.8. The molecule has 0 atom stereocenters. The van der Waals surface area contributed by atoms with Crippen molar-refractivity contribution in [1.29, 1.82) is 0 Å². The average molecular weight is 352 g/mol. The molecule has 26 heavy (non-hydrogen) atoms. The molecule has 0 radical (unpaired) electrons. The second-order valence-corrected chi connectivity index (χ2v) is 8.51. The summed E-state index contributed by atoms with van der Waals surface area (Å²) >= 11 is 0. The molecule has 0 unspecified atom stereocenters. The smallest absolute Gasteiger partial charge is 0.123 e. The molecule has 0 spiro atoms. The number of rotatable bonds is 3. The predicted molar refractivity (Wildman–Crippen MR) is 110 cm³/mol. The highest BCUT2D eigenvalue weighted by Crippen LogP contribution is 2.48. The summed E-state index contributed by atoms with van der Waals surface area (Å²) in [6.45, 7) is 12.8. The van der Waals surface area contributed by atoms with E-state index in [1.165, 1.54) is 16.7 Å². The lowest BCUT2D eigenvalue weighted by atomic mass is 9.64. The maximum absolute atomic E-state index is 14.9. The van der Waals surface area contributed by atoms with Gasteiger partial charge in [0.15, 0.2) is 0 Å². The zero-order valence-corrected chi connectivity index (χ0v) is 16.9. The molecule has 0 N–H and O–H groups in total. The van der Waals surface area contributed by atoms with Crippen LogP contribution in [-0.2, 0) is 5.41 Å². The van der Waals surface area contributed by atoms with Crippen LogP contribution < -0.4 is 0 Å². The van der Waals surface area contributed by atoms with E-state index in [9.17, 15) is 4.39 Å². The molecular formula is C24H30FN. The molecule has 0 heterocycles. The van der Waals surface area contributed by atoms with Gasteiger partial charge in [-0.25, -0.2) is 4.39 Å². The van der Waals surface area contributed by atoms with Crippen molar-refractivity contribution in [2.24, 2.45) is 10.9 Å². The van der Waals surface area contributed by atoms with Crippen LogP contribution in [0.3, 0.4) is 0 Å². The van der Waals surface area contributed by atoms with Crippen LogP contribution in [0.5, 0.6) is 0 Å². The minimum Gasteiger partial charge on any atom is -0.282 e. The Morgan fingerprint density at radius 3 is 2.54 bits per heavy atom. The predicted octanol–water partition coefficient (Wildman–Crippen LogP) is 6.79. The van der Waals surface area contributed by atoms with Crippen LogP contribution in [0.15, 0.2) is 52.3 Å². The second kappa shape index (κ2) is 6.98. The maximum Gasteiger partial charge on any atom is 0.123 e. The van der Waals surface area contributed by atoms with Gasteiger partial charge in [-0.15, -0.1) is 0 Å². The average Bonchev–Trinajstić information content (AvgIpc) is 2.56. The molecule has 0 aliphatic heterocycles. The lowest BCUT2D eigenvalue weighted by molar-refractivity contribution is 0.534. The molecule has 1 aromatic carbocycles. The maximum atomic E-state index is 14.9. The first-order valence-electron chi connectivity index (χ1n) is 9.73. The summed E-state index contributed by atoms with van der Waals surface area (Å²) in [7, 11) is 0. The Morgan fingerprint density at radius 1 is 1.15 bits per heavy atom. The molecule has 2 heteroatoms. The summed E-state index contributed by atoms with van der Waals surface area (Å²) in [5.41, 5.74) is 6.12. The molecule has 0 amide bonds. The third kappa shape index (κ3) is 3.22. The van der Waals surface area contributed by atoms with Crippen molar-refractivity contribution in [2.75, 3.05) is 0 Å². The fourth-order valence-corrected chi connectivity index (χ4v) is 4.10. The molecule has 0 aromatic heterocycles. The fourth-order valence-electron chi connectivity index (χ4n) is 4.10. The summed E-state index contributed by atoms with van der Waals surface area (Å²) < 4.78 is 14.9. The van der Waals surface area contributed by atoms with Gasteiger partial charge in [-0.1, -0.05) is 58.0 Å². The minimum atomic E-state index is -0.358. The van der Waals surface area contributed by atoms with Gasteiger partial charge in [0.25, 0.3) is 0 Å². The lowest BCUT2D eigenvalue weighted by Gasteiger charge is -2.39. The number of hydrogen-bond donors (Lipinski definition) is 0. The molecule has 1 nitrogen and oxygen atoms in total. The standard InChI is InChI=1S/C24H30FN/c1-15(2)13-14-17-9-7-11-19-21(17)23(26-16(3)4)18-10-8-12-20(25)22(18)24(19,5)6/h7,9,11-16H,8,10H2,1-6H3/b14-13-,26-23+. The van der Waals surface area contributed by atoms with E-state index in [1.54, 1.807) is 6.08 Å². The van der Waals surface area contributed by atoms with E-state index in [4.69, 9.17) is 4.99 Å². The van der Waals surface area contributed by atoms with Gasteiger partial charge in [-0.05, 0) is 55.4 Å². The topological polar surface area (TPSA) is 12.4 Å². The largest absolute Gasteiger partial charge is 0.282 e. The molecule has 2 aliphatic carbocycles. The number of allylic oxidation sites excluding steroid dienone is 5. The molecular weight excluding hydrogens is 321 g/mol. The summed E-state index contributed by atoms with van der Waals surface area (Å²) in [6, 6.07) is 6.56. The molecule has 3 rings (SSSR count). The van der Waals surface area contributed by atoms with Crippen LogP contribution >= 0.6 is 0 Å². The van der Waals surface area contributed by atoms with E-state index in [0.29, 0.717) is 5.92 Å². The number of halogens is 1. The van der Waals surface area contributed by atoms with E-state index in [1.807, 2.05) is 0 Å². The minimum absolute atomic E-state index is 0.0681. The van der Waals surface area contributed by atoms with Crippen molar-refractivity contribution in [1.82, 2.24) is 0 Å². The van der Waals surface area contributed by atoms with Crippen molar-refractivity contribution in [3.8, 4) is 0 Å². The summed E-state index contributed by atoms with van der Waals surface area (Å²) in [6.07, 6.45) is 7.77. The van der Waals surface area contributed by atoms with E-state index >= 15 is 0 Å². The van der Waals surface area contributed by atoms with Gasteiger partial charge in [0.2, 0.25) is 0 Å². The zero-order valence-electron chi connectivity index (χ0n) is 16.9. The fraction of sp³-hybridized carbons (Fsp3) is 0.458. The van der Waals surface area contributed by atoms with Gasteiger partial charge in [-0.2, -0.15) is 0 Å². The van der Waals surface area contributed by atoms with Crippen LogP contribution in [-0.4, -0.2) is 11.8 Å². The molecule has 2 aliphatic rings. The van der Waals surface area contributed by atoms with Crippen molar-refractivity contribution in [3.63, 3.8) is 0 Å². The Kier molecular flexibility index (Phi) is 5.05. The van der Waals surface area contributed by atoms with Crippen LogP contribution in [0.25, 0.3) is 6.08 Å². The van der Waals surface area contributed by atoms with E-state index in [-0.39, 0.29) is 17.3 Å². The van der Waals surface area contributed by atoms with E-state index in [2.05, 4.69) is 71.9 Å². The SMILES string of the molecule is CC(C)/C=C\c1cccc2c1/C(=N/C(C)C)C1=C(C(F)=CCC1)C2(C)C. The van der Waals surface area contributed by atoms with Crippen LogP contribution in [0.1, 0.15) is 71.1 Å². The van der Waals surface area contributed by atoms with Crippen LogP contribution in [0, 0.1) is 5.92 Å². The Bertz CT molecular complexity index is 832. The lowest BCUT2D eigenvalue weighted by Crippen LogP contribution is -2.34.